The Morgan fingerprint density at radius 2 is 2.12 bits per heavy atom. The van der Waals surface area contributed by atoms with Gasteiger partial charge in [0.25, 0.3) is 5.91 Å². The molecule has 0 bridgehead atoms. The van der Waals surface area contributed by atoms with Crippen molar-refractivity contribution in [1.82, 2.24) is 14.7 Å². The van der Waals surface area contributed by atoms with Crippen molar-refractivity contribution in [2.24, 2.45) is 13.0 Å². The summed E-state index contributed by atoms with van der Waals surface area (Å²) < 4.78 is 19.3. The minimum absolute atomic E-state index is 0.0138. The maximum Gasteiger partial charge on any atom is 0.274 e. The topological polar surface area (TPSA) is 65.8 Å². The number of aromatic nitrogens is 2. The lowest BCUT2D eigenvalue weighted by Crippen LogP contribution is -2.67. The smallest absolute Gasteiger partial charge is 0.274 e. The van der Waals surface area contributed by atoms with Gasteiger partial charge in [0.1, 0.15) is 11.3 Å². The van der Waals surface area contributed by atoms with Gasteiger partial charge in [-0.2, -0.15) is 5.10 Å². The third-order valence-electron chi connectivity index (χ3n) is 5.53. The lowest BCUT2D eigenvalue weighted by Gasteiger charge is -2.52. The van der Waals surface area contributed by atoms with Crippen LogP contribution in [-0.2, 0) is 21.3 Å². The number of likely N-dealkylation sites (tertiary alicyclic amines) is 1. The van der Waals surface area contributed by atoms with E-state index < -0.39 is 0 Å². The van der Waals surface area contributed by atoms with Crippen LogP contribution in [0.15, 0.2) is 12.3 Å². The normalized spacial score (nSPS) is 26.6. The minimum Gasteiger partial charge on any atom is -0.381 e. The van der Waals surface area contributed by atoms with Crippen molar-refractivity contribution in [3.8, 4) is 0 Å². The van der Waals surface area contributed by atoms with Crippen molar-refractivity contribution >= 4 is 5.91 Å². The molecule has 0 N–H and O–H groups in total. The maximum atomic E-state index is 12.4. The molecular formula is C18H27N3O4. The first-order chi connectivity index (χ1) is 12.1. The van der Waals surface area contributed by atoms with Gasteiger partial charge in [-0.25, -0.2) is 0 Å². The summed E-state index contributed by atoms with van der Waals surface area (Å²) in [6.45, 7) is 4.52. The van der Waals surface area contributed by atoms with E-state index in [-0.39, 0.29) is 17.6 Å². The number of carbonyl (C=O) groups excluding carboxylic acids is 1. The fraction of sp³-hybridized carbons (Fsp3) is 0.778. The molecule has 0 radical (unpaired) electrons. The molecule has 3 aliphatic rings. The second-order valence-electron chi connectivity index (χ2n) is 7.57. The highest BCUT2D eigenvalue weighted by Crippen LogP contribution is 2.36. The van der Waals surface area contributed by atoms with Crippen molar-refractivity contribution in [2.75, 3.05) is 39.5 Å². The van der Waals surface area contributed by atoms with E-state index in [4.69, 9.17) is 14.2 Å². The molecule has 0 aromatic carbocycles. The lowest BCUT2D eigenvalue weighted by molar-refractivity contribution is -0.188. The molecule has 1 aromatic rings. The Hall–Kier alpha value is -1.44. The fourth-order valence-electron chi connectivity index (χ4n) is 4.01. The Balaban J connectivity index is 1.26. The number of hydrogen-bond donors (Lipinski definition) is 0. The van der Waals surface area contributed by atoms with Gasteiger partial charge < -0.3 is 19.1 Å². The van der Waals surface area contributed by atoms with Gasteiger partial charge in [0.15, 0.2) is 0 Å². The second kappa shape index (κ2) is 7.05. The molecule has 4 rings (SSSR count). The van der Waals surface area contributed by atoms with Gasteiger partial charge in [0.2, 0.25) is 0 Å². The highest BCUT2D eigenvalue weighted by Gasteiger charge is 2.50. The summed E-state index contributed by atoms with van der Waals surface area (Å²) in [5.74, 6) is 0.608. The molecule has 25 heavy (non-hydrogen) atoms. The van der Waals surface area contributed by atoms with Crippen LogP contribution < -0.4 is 0 Å². The van der Waals surface area contributed by atoms with Crippen LogP contribution in [0.25, 0.3) is 0 Å². The van der Waals surface area contributed by atoms with E-state index in [0.29, 0.717) is 31.3 Å². The quantitative estimate of drug-likeness (QED) is 0.818. The lowest BCUT2D eigenvalue weighted by atomic mass is 9.84. The fourth-order valence-corrected chi connectivity index (χ4v) is 4.01. The van der Waals surface area contributed by atoms with Gasteiger partial charge in [-0.15, -0.1) is 0 Å². The van der Waals surface area contributed by atoms with Gasteiger partial charge in [0.05, 0.1) is 19.2 Å². The average Bonchev–Trinajstić information content (AvgIpc) is 3.05. The Bertz CT molecular complexity index is 605. The molecule has 1 spiro atoms. The Labute approximate surface area is 148 Å². The van der Waals surface area contributed by atoms with E-state index >= 15 is 0 Å². The summed E-state index contributed by atoms with van der Waals surface area (Å²) in [6.07, 6.45) is 6.05. The molecule has 0 saturated carbocycles. The predicted octanol–water partition coefficient (Wildman–Crippen LogP) is 1.24. The summed E-state index contributed by atoms with van der Waals surface area (Å²) in [5, 5.41) is 4.19. The van der Waals surface area contributed by atoms with Gasteiger partial charge in [-0.3, -0.25) is 9.48 Å². The first-order valence-electron chi connectivity index (χ1n) is 9.26. The maximum absolute atomic E-state index is 12.4. The third kappa shape index (κ3) is 3.73. The number of aryl methyl sites for hydroxylation is 1. The summed E-state index contributed by atoms with van der Waals surface area (Å²) >= 11 is 0. The summed E-state index contributed by atoms with van der Waals surface area (Å²) in [6, 6.07) is 1.76. The summed E-state index contributed by atoms with van der Waals surface area (Å²) in [4.78, 5) is 14.3. The molecule has 1 atom stereocenters. The SMILES string of the molecule is Cn1ccc(C(=O)N2CC3(C[C@H](OCC4CCOCC4)CCO3)C2)n1. The van der Waals surface area contributed by atoms with Crippen molar-refractivity contribution in [1.29, 1.82) is 0 Å². The van der Waals surface area contributed by atoms with E-state index in [9.17, 15) is 4.79 Å². The number of nitrogens with zero attached hydrogens (tertiary/aromatic N) is 3. The molecule has 138 valence electrons. The van der Waals surface area contributed by atoms with Crippen LogP contribution in [0.1, 0.15) is 36.2 Å². The van der Waals surface area contributed by atoms with Crippen LogP contribution in [0.3, 0.4) is 0 Å². The highest BCUT2D eigenvalue weighted by molar-refractivity contribution is 5.93. The van der Waals surface area contributed by atoms with Gasteiger partial charge in [-0.05, 0) is 31.2 Å². The number of rotatable bonds is 4. The minimum atomic E-state index is -0.219. The molecule has 0 aliphatic carbocycles. The van der Waals surface area contributed by atoms with Crippen LogP contribution in [0.4, 0.5) is 0 Å². The van der Waals surface area contributed by atoms with Crippen molar-refractivity contribution in [3.63, 3.8) is 0 Å². The second-order valence-corrected chi connectivity index (χ2v) is 7.57. The number of hydrogen-bond acceptors (Lipinski definition) is 5. The predicted molar refractivity (Wildman–Crippen MR) is 90.3 cm³/mol. The van der Waals surface area contributed by atoms with Crippen LogP contribution in [0.5, 0.6) is 0 Å². The van der Waals surface area contributed by atoms with Gasteiger partial charge >= 0.3 is 0 Å². The summed E-state index contributed by atoms with van der Waals surface area (Å²) in [7, 11) is 1.82. The van der Waals surface area contributed by atoms with Gasteiger partial charge in [-0.1, -0.05) is 0 Å². The largest absolute Gasteiger partial charge is 0.381 e. The number of ether oxygens (including phenoxy) is 3. The molecule has 0 unspecified atom stereocenters. The molecule has 1 amide bonds. The van der Waals surface area contributed by atoms with E-state index in [0.717, 1.165) is 45.5 Å². The first-order valence-corrected chi connectivity index (χ1v) is 9.26. The number of amides is 1. The van der Waals surface area contributed by atoms with E-state index in [2.05, 4.69) is 5.10 Å². The molecular weight excluding hydrogens is 322 g/mol. The Morgan fingerprint density at radius 3 is 2.84 bits per heavy atom. The Kier molecular flexibility index (Phi) is 4.80. The van der Waals surface area contributed by atoms with Crippen molar-refractivity contribution in [3.05, 3.63) is 18.0 Å². The van der Waals surface area contributed by atoms with Crippen LogP contribution >= 0.6 is 0 Å². The molecule has 1 aromatic heterocycles. The molecule has 7 nitrogen and oxygen atoms in total. The average molecular weight is 349 g/mol. The van der Waals surface area contributed by atoms with E-state index in [1.165, 1.54) is 0 Å². The van der Waals surface area contributed by atoms with E-state index in [1.807, 2.05) is 11.9 Å². The summed E-state index contributed by atoms with van der Waals surface area (Å²) in [5.41, 5.74) is 0.281. The molecule has 7 heteroatoms. The van der Waals surface area contributed by atoms with Crippen molar-refractivity contribution in [2.45, 2.75) is 37.4 Å². The monoisotopic (exact) mass is 349 g/mol. The van der Waals surface area contributed by atoms with E-state index in [1.54, 1.807) is 16.9 Å². The molecule has 3 saturated heterocycles. The highest BCUT2D eigenvalue weighted by atomic mass is 16.5. The molecule has 4 heterocycles. The Morgan fingerprint density at radius 1 is 1.32 bits per heavy atom. The zero-order valence-electron chi connectivity index (χ0n) is 14.9. The molecule has 3 fully saturated rings. The van der Waals surface area contributed by atoms with Crippen LogP contribution in [-0.4, -0.2) is 71.8 Å². The zero-order valence-corrected chi connectivity index (χ0v) is 14.9. The number of carbonyl (C=O) groups is 1. The third-order valence-corrected chi connectivity index (χ3v) is 5.53. The van der Waals surface area contributed by atoms with Crippen molar-refractivity contribution < 1.29 is 19.0 Å². The van der Waals surface area contributed by atoms with Crippen LogP contribution in [0.2, 0.25) is 0 Å². The van der Waals surface area contributed by atoms with Gasteiger partial charge in [0, 0.05) is 46.1 Å². The zero-order chi connectivity index (χ0) is 17.3. The molecule has 3 aliphatic heterocycles. The standard InChI is InChI=1S/C18H27N3O4/c1-20-6-2-16(19-20)17(22)21-12-18(13-21)10-15(5-9-25-18)24-11-14-3-7-23-8-4-14/h2,6,14-15H,3-5,7-13H2,1H3/t15-/m1/s1. The first kappa shape index (κ1) is 17.0. The van der Waals surface area contributed by atoms with Crippen LogP contribution in [0, 0.1) is 5.92 Å².